The van der Waals surface area contributed by atoms with Crippen molar-refractivity contribution < 1.29 is 19.8 Å². The Kier molecular flexibility index (Phi) is 20.0. The van der Waals surface area contributed by atoms with Gasteiger partial charge in [0, 0.05) is 0 Å². The van der Waals surface area contributed by atoms with E-state index < -0.39 is 24.0 Å². The molecule has 0 spiro atoms. The van der Waals surface area contributed by atoms with Gasteiger partial charge in [0.1, 0.15) is 12.1 Å². The predicted molar refractivity (Wildman–Crippen MR) is 76.6 cm³/mol. The fourth-order valence-electron chi connectivity index (χ4n) is 0.393. The molecule has 7 heteroatoms. The zero-order chi connectivity index (χ0) is 14.4. The number of rotatable bonds is 4. The van der Waals surface area contributed by atoms with Gasteiger partial charge in [0.05, 0.1) is 0 Å². The Morgan fingerprint density at radius 3 is 1.59 bits per heavy atom. The molecule has 0 aliphatic carbocycles. The van der Waals surface area contributed by atoms with E-state index in [9.17, 15) is 9.59 Å². The van der Waals surface area contributed by atoms with Gasteiger partial charge in [-0.15, -0.1) is 0 Å². The largest absolute Gasteiger partial charge is 0.480 e. The summed E-state index contributed by atoms with van der Waals surface area (Å²) in [6.45, 7) is 7.72. The SMILES string of the molecule is CC(N)C(=O)O.CCI.CCNC(C)C(=O)O. The maximum absolute atomic E-state index is 10.0. The first kappa shape index (κ1) is 21.8. The molecule has 0 aromatic rings. The number of hydrogen-bond acceptors (Lipinski definition) is 4. The molecule has 0 aromatic heterocycles. The number of carboxylic acids is 2. The Labute approximate surface area is 116 Å². The van der Waals surface area contributed by atoms with E-state index in [4.69, 9.17) is 15.9 Å². The molecule has 0 aromatic carbocycles. The van der Waals surface area contributed by atoms with Gasteiger partial charge >= 0.3 is 11.9 Å². The number of halogens is 1. The Bertz CT molecular complexity index is 201. The quantitative estimate of drug-likeness (QED) is 0.437. The second-order valence-electron chi connectivity index (χ2n) is 3.01. The zero-order valence-corrected chi connectivity index (χ0v) is 12.9. The number of hydrogen-bond donors (Lipinski definition) is 4. The summed E-state index contributed by atoms with van der Waals surface area (Å²) in [5.74, 6) is -1.76. The molecule has 0 aliphatic rings. The van der Waals surface area contributed by atoms with Crippen molar-refractivity contribution in [3.05, 3.63) is 0 Å². The predicted octanol–water partition coefficient (Wildman–Crippen LogP) is 0.929. The van der Waals surface area contributed by atoms with E-state index in [1.807, 2.05) is 6.92 Å². The zero-order valence-electron chi connectivity index (χ0n) is 10.7. The van der Waals surface area contributed by atoms with Crippen molar-refractivity contribution in [2.24, 2.45) is 5.73 Å². The third-order valence-electron chi connectivity index (χ3n) is 1.27. The molecular weight excluding hydrogens is 339 g/mol. The second kappa shape index (κ2) is 15.6. The molecule has 0 saturated heterocycles. The molecule has 0 amide bonds. The molecule has 0 saturated carbocycles. The molecule has 5 N–H and O–H groups in total. The highest BCUT2D eigenvalue weighted by atomic mass is 127. The molecule has 17 heavy (non-hydrogen) atoms. The summed E-state index contributed by atoms with van der Waals surface area (Å²) in [7, 11) is 0. The molecule has 6 nitrogen and oxygen atoms in total. The minimum Gasteiger partial charge on any atom is -0.480 e. The van der Waals surface area contributed by atoms with Gasteiger partial charge in [0.25, 0.3) is 0 Å². The molecule has 2 unspecified atom stereocenters. The van der Waals surface area contributed by atoms with Crippen LogP contribution in [0.2, 0.25) is 0 Å². The Hall–Kier alpha value is -0.410. The van der Waals surface area contributed by atoms with Crippen molar-refractivity contribution in [3.8, 4) is 0 Å². The lowest BCUT2D eigenvalue weighted by atomic mass is 10.3. The van der Waals surface area contributed by atoms with Crippen LogP contribution in [0.3, 0.4) is 0 Å². The van der Waals surface area contributed by atoms with E-state index >= 15 is 0 Å². The summed E-state index contributed by atoms with van der Waals surface area (Å²) in [6, 6.07) is -1.15. The van der Waals surface area contributed by atoms with Gasteiger partial charge in [0.2, 0.25) is 0 Å². The van der Waals surface area contributed by atoms with Crippen LogP contribution >= 0.6 is 22.6 Å². The van der Waals surface area contributed by atoms with E-state index in [1.54, 1.807) is 6.92 Å². The van der Waals surface area contributed by atoms with Gasteiger partial charge in [-0.05, 0) is 24.8 Å². The van der Waals surface area contributed by atoms with Crippen LogP contribution in [-0.4, -0.2) is 45.2 Å². The number of nitrogens with one attached hydrogen (secondary N) is 1. The van der Waals surface area contributed by atoms with Gasteiger partial charge in [-0.2, -0.15) is 0 Å². The number of nitrogens with two attached hydrogens (primary N) is 1. The molecule has 0 aliphatic heterocycles. The molecule has 0 heterocycles. The Morgan fingerprint density at radius 2 is 1.53 bits per heavy atom. The van der Waals surface area contributed by atoms with Crippen LogP contribution in [0.5, 0.6) is 0 Å². The number of carboxylic acid groups (broad SMARTS) is 2. The van der Waals surface area contributed by atoms with Crippen molar-refractivity contribution >= 4 is 34.5 Å². The Balaban J connectivity index is -0.000000193. The van der Waals surface area contributed by atoms with E-state index in [2.05, 4.69) is 34.8 Å². The van der Waals surface area contributed by atoms with Gasteiger partial charge in [0.15, 0.2) is 0 Å². The summed E-state index contributed by atoms with van der Waals surface area (Å²) in [5, 5.41) is 18.9. The minimum atomic E-state index is -0.963. The molecule has 0 rings (SSSR count). The van der Waals surface area contributed by atoms with Crippen molar-refractivity contribution in [3.63, 3.8) is 0 Å². The maximum Gasteiger partial charge on any atom is 0.320 e. The Morgan fingerprint density at radius 1 is 1.24 bits per heavy atom. The van der Waals surface area contributed by atoms with Crippen LogP contribution in [0.25, 0.3) is 0 Å². The molecule has 0 bridgehead atoms. The summed E-state index contributed by atoms with van der Waals surface area (Å²) < 4.78 is 1.22. The molecule has 2 atom stereocenters. The lowest BCUT2D eigenvalue weighted by Crippen LogP contribution is -2.33. The fourth-order valence-corrected chi connectivity index (χ4v) is 0.393. The van der Waals surface area contributed by atoms with Gasteiger partial charge in [-0.3, -0.25) is 9.59 Å². The first-order valence-electron chi connectivity index (χ1n) is 5.24. The van der Waals surface area contributed by atoms with Crippen LogP contribution < -0.4 is 11.1 Å². The number of likely N-dealkylation sites (N-methyl/N-ethyl adjacent to an activating group) is 1. The van der Waals surface area contributed by atoms with Gasteiger partial charge < -0.3 is 21.3 Å². The summed E-state index contributed by atoms with van der Waals surface area (Å²) >= 11 is 2.29. The average molecular weight is 362 g/mol. The smallest absolute Gasteiger partial charge is 0.320 e. The third-order valence-corrected chi connectivity index (χ3v) is 1.27. The van der Waals surface area contributed by atoms with Crippen LogP contribution in [0.1, 0.15) is 27.7 Å². The van der Waals surface area contributed by atoms with Crippen molar-refractivity contribution in [1.82, 2.24) is 5.32 Å². The van der Waals surface area contributed by atoms with Crippen molar-refractivity contribution in [2.45, 2.75) is 39.8 Å². The summed E-state index contributed by atoms with van der Waals surface area (Å²) in [4.78, 5) is 19.6. The second-order valence-corrected chi connectivity index (χ2v) is 4.54. The highest BCUT2D eigenvalue weighted by molar-refractivity contribution is 14.1. The molecule has 104 valence electrons. The van der Waals surface area contributed by atoms with E-state index in [1.165, 1.54) is 11.4 Å². The van der Waals surface area contributed by atoms with E-state index in [0.29, 0.717) is 6.54 Å². The van der Waals surface area contributed by atoms with Crippen LogP contribution in [0, 0.1) is 0 Å². The number of alkyl halides is 1. The van der Waals surface area contributed by atoms with Gasteiger partial charge in [-0.1, -0.05) is 36.4 Å². The highest BCUT2D eigenvalue weighted by Crippen LogP contribution is 1.77. The molecular formula is C10H23IN2O4. The lowest BCUT2D eigenvalue weighted by Gasteiger charge is -2.03. The van der Waals surface area contributed by atoms with E-state index in [0.717, 1.165) is 0 Å². The lowest BCUT2D eigenvalue weighted by molar-refractivity contribution is -0.139. The topological polar surface area (TPSA) is 113 Å². The highest BCUT2D eigenvalue weighted by Gasteiger charge is 2.06. The standard InChI is InChI=1S/C5H11NO2.C3H7NO2.C2H5I/c1-3-6-4(2)5(7)8;1-2(4)3(5)6;1-2-3/h4,6H,3H2,1-2H3,(H,7,8);2H,4H2,1H3,(H,5,6);2H2,1H3. The van der Waals surface area contributed by atoms with Crippen molar-refractivity contribution in [2.75, 3.05) is 11.0 Å². The van der Waals surface area contributed by atoms with E-state index in [-0.39, 0.29) is 0 Å². The number of aliphatic carboxylic acids is 2. The number of carbonyl (C=O) groups is 2. The van der Waals surface area contributed by atoms with Crippen LogP contribution in [0.15, 0.2) is 0 Å². The van der Waals surface area contributed by atoms with Crippen LogP contribution in [0.4, 0.5) is 0 Å². The maximum atomic E-state index is 10.0. The first-order chi connectivity index (χ1) is 7.74. The van der Waals surface area contributed by atoms with Gasteiger partial charge in [-0.25, -0.2) is 0 Å². The van der Waals surface area contributed by atoms with Crippen molar-refractivity contribution in [1.29, 1.82) is 0 Å². The summed E-state index contributed by atoms with van der Waals surface area (Å²) in [5.41, 5.74) is 4.84. The monoisotopic (exact) mass is 362 g/mol. The average Bonchev–Trinajstić information content (AvgIpc) is 2.19. The fraction of sp³-hybridized carbons (Fsp3) is 0.800. The minimum absolute atomic E-state index is 0.417. The normalized spacial score (nSPS) is 12.1. The molecule has 0 radical (unpaired) electrons. The van der Waals surface area contributed by atoms with Crippen LogP contribution in [-0.2, 0) is 9.59 Å². The third kappa shape index (κ3) is 25.7. The first-order valence-corrected chi connectivity index (χ1v) is 6.77. The summed E-state index contributed by atoms with van der Waals surface area (Å²) in [6.07, 6.45) is 0. The molecule has 0 fully saturated rings.